The highest BCUT2D eigenvalue weighted by molar-refractivity contribution is 7.54. The molecule has 1 rings (SSSR count). The number of hydrogen-bond acceptors (Lipinski definition) is 6. The lowest BCUT2D eigenvalue weighted by atomic mass is 10.0. The Morgan fingerprint density at radius 2 is 0.939 bits per heavy atom. The van der Waals surface area contributed by atoms with Gasteiger partial charge in [-0.25, -0.2) is 4.79 Å². The van der Waals surface area contributed by atoms with Gasteiger partial charge in [-0.2, -0.15) is 0 Å². The van der Waals surface area contributed by atoms with Crippen LogP contribution in [0.25, 0.3) is 0 Å². The molecule has 286 valence electrons. The van der Waals surface area contributed by atoms with Gasteiger partial charge in [0.1, 0.15) is 0 Å². The zero-order chi connectivity index (χ0) is 35.5. The largest absolute Gasteiger partial charge is 0.463 e. The Morgan fingerprint density at radius 1 is 0.571 bits per heavy atom. The molecule has 0 N–H and O–H groups in total. The van der Waals surface area contributed by atoms with E-state index in [4.69, 9.17) is 13.8 Å². The minimum Gasteiger partial charge on any atom is -0.463 e. The summed E-state index contributed by atoms with van der Waals surface area (Å²) in [6.45, 7) is 7.47. The standard InChI is InChI=1S/C42H78NO5P/c1-4-7-9-11-13-15-17-19-21-23-25-27-29-33-39-47-49(45,41-35-31-32-37-43(41)38-36-42(44)46-6-3)48-40-34-30-28-26-24-22-20-18-16-14-12-10-8-5-2/h31-32,35-38,41H,4-30,33-34,39-40H2,1-3H3/b38-36+. The van der Waals surface area contributed by atoms with E-state index in [2.05, 4.69) is 13.8 Å². The molecule has 0 aliphatic carbocycles. The SMILES string of the molecule is CCCCCCCCCCCCCCCCOP(=O)(OCCCCCCCCCCCCCCCC)C1C=CC=CN1/C=C/C(=O)OCC. The first-order chi connectivity index (χ1) is 24.1. The lowest BCUT2D eigenvalue weighted by Crippen LogP contribution is -2.28. The Kier molecular flexibility index (Phi) is 31.5. The highest BCUT2D eigenvalue weighted by Gasteiger charge is 2.38. The monoisotopic (exact) mass is 708 g/mol. The van der Waals surface area contributed by atoms with Crippen LogP contribution < -0.4 is 0 Å². The number of carbonyl (C=O) groups excluding carboxylic acids is 1. The van der Waals surface area contributed by atoms with Crippen LogP contribution in [0.2, 0.25) is 0 Å². The molecule has 0 spiro atoms. The minimum absolute atomic E-state index is 0.311. The number of nitrogens with zero attached hydrogens (tertiary/aromatic N) is 1. The van der Waals surface area contributed by atoms with E-state index in [1.807, 2.05) is 18.2 Å². The van der Waals surface area contributed by atoms with Crippen molar-refractivity contribution in [3.8, 4) is 0 Å². The lowest BCUT2D eigenvalue weighted by Gasteiger charge is -2.32. The third-order valence-corrected chi connectivity index (χ3v) is 11.7. The molecule has 0 aromatic carbocycles. The summed E-state index contributed by atoms with van der Waals surface area (Å²) in [5.74, 6) is -1.04. The van der Waals surface area contributed by atoms with Gasteiger partial charge < -0.3 is 18.7 Å². The lowest BCUT2D eigenvalue weighted by molar-refractivity contribution is -0.137. The van der Waals surface area contributed by atoms with Crippen molar-refractivity contribution in [2.45, 2.75) is 206 Å². The molecule has 0 aromatic heterocycles. The van der Waals surface area contributed by atoms with E-state index < -0.39 is 19.3 Å². The summed E-state index contributed by atoms with van der Waals surface area (Å²) in [5, 5.41) is 0. The number of ether oxygens (including phenoxy) is 1. The highest BCUT2D eigenvalue weighted by atomic mass is 31.2. The van der Waals surface area contributed by atoms with Crippen LogP contribution >= 0.6 is 7.60 Å². The second-order valence-corrected chi connectivity index (χ2v) is 16.2. The average molecular weight is 708 g/mol. The van der Waals surface area contributed by atoms with Gasteiger partial charge in [-0.3, -0.25) is 4.57 Å². The first-order valence-electron chi connectivity index (χ1n) is 20.9. The van der Waals surface area contributed by atoms with Crippen molar-refractivity contribution >= 4 is 13.6 Å². The number of rotatable bonds is 36. The van der Waals surface area contributed by atoms with Crippen LogP contribution in [-0.4, -0.2) is 36.5 Å². The van der Waals surface area contributed by atoms with Gasteiger partial charge in [-0.15, -0.1) is 0 Å². The Bertz CT molecular complexity index is 850. The smallest absolute Gasteiger partial charge is 0.357 e. The van der Waals surface area contributed by atoms with Crippen molar-refractivity contribution in [1.82, 2.24) is 4.90 Å². The molecule has 6 nitrogen and oxygen atoms in total. The van der Waals surface area contributed by atoms with E-state index in [0.717, 1.165) is 25.7 Å². The summed E-state index contributed by atoms with van der Waals surface area (Å²) in [4.78, 5) is 13.7. The van der Waals surface area contributed by atoms with Crippen LogP contribution in [0.3, 0.4) is 0 Å². The van der Waals surface area contributed by atoms with Crippen LogP contribution in [0.15, 0.2) is 36.7 Å². The van der Waals surface area contributed by atoms with Gasteiger partial charge >= 0.3 is 13.6 Å². The number of unbranched alkanes of at least 4 members (excludes halogenated alkanes) is 26. The van der Waals surface area contributed by atoms with Crippen molar-refractivity contribution in [3.63, 3.8) is 0 Å². The fraction of sp³-hybridized carbons (Fsp3) is 0.833. The summed E-state index contributed by atoms with van der Waals surface area (Å²) in [6, 6.07) is 0. The quantitative estimate of drug-likeness (QED) is 0.0279. The first kappa shape index (κ1) is 45.7. The zero-order valence-electron chi connectivity index (χ0n) is 32.4. The molecule has 49 heavy (non-hydrogen) atoms. The van der Waals surface area contributed by atoms with Gasteiger partial charge in [0.2, 0.25) is 0 Å². The Balaban J connectivity index is 2.38. The van der Waals surface area contributed by atoms with Gasteiger partial charge in [-0.05, 0) is 31.9 Å². The molecule has 0 amide bonds. The summed E-state index contributed by atoms with van der Waals surface area (Å²) >= 11 is 0. The molecule has 0 saturated heterocycles. The van der Waals surface area contributed by atoms with E-state index in [-0.39, 0.29) is 0 Å². The molecule has 1 aliphatic heterocycles. The van der Waals surface area contributed by atoms with E-state index in [1.54, 1.807) is 24.2 Å². The molecule has 1 aliphatic rings. The fourth-order valence-corrected chi connectivity index (χ4v) is 8.35. The van der Waals surface area contributed by atoms with Crippen LogP contribution in [0.4, 0.5) is 0 Å². The van der Waals surface area contributed by atoms with Crippen molar-refractivity contribution < 1.29 is 23.1 Å². The second-order valence-electron chi connectivity index (χ2n) is 14.1. The molecule has 1 unspecified atom stereocenters. The van der Waals surface area contributed by atoms with Crippen LogP contribution in [0.1, 0.15) is 201 Å². The molecular weight excluding hydrogens is 629 g/mol. The van der Waals surface area contributed by atoms with E-state index >= 15 is 0 Å². The van der Waals surface area contributed by atoms with Crippen molar-refractivity contribution in [1.29, 1.82) is 0 Å². The minimum atomic E-state index is -3.51. The van der Waals surface area contributed by atoms with Gasteiger partial charge in [0, 0.05) is 18.5 Å². The third-order valence-electron chi connectivity index (χ3n) is 9.49. The van der Waals surface area contributed by atoms with Crippen molar-refractivity contribution in [3.05, 3.63) is 36.7 Å². The molecular formula is C42H78NO5P. The molecule has 0 saturated carbocycles. The van der Waals surface area contributed by atoms with E-state index in [9.17, 15) is 9.36 Å². The summed E-state index contributed by atoms with van der Waals surface area (Å²) in [7, 11) is -3.51. The second kappa shape index (κ2) is 33.8. The Hall–Kier alpha value is -1.36. The molecule has 0 fully saturated rings. The summed E-state index contributed by atoms with van der Waals surface area (Å²) in [5.41, 5.74) is 0. The predicted molar refractivity (Wildman–Crippen MR) is 210 cm³/mol. The van der Waals surface area contributed by atoms with Gasteiger partial charge in [-0.1, -0.05) is 187 Å². The summed E-state index contributed by atoms with van der Waals surface area (Å²) < 4.78 is 31.6. The van der Waals surface area contributed by atoms with Crippen LogP contribution in [0.5, 0.6) is 0 Å². The van der Waals surface area contributed by atoms with Crippen LogP contribution in [-0.2, 0) is 23.1 Å². The van der Waals surface area contributed by atoms with E-state index in [1.165, 1.54) is 160 Å². The molecule has 0 aromatic rings. The van der Waals surface area contributed by atoms with Gasteiger partial charge in [0.05, 0.1) is 19.8 Å². The topological polar surface area (TPSA) is 65.1 Å². The predicted octanol–water partition coefficient (Wildman–Crippen LogP) is 14.0. The van der Waals surface area contributed by atoms with Crippen LogP contribution in [0, 0.1) is 0 Å². The van der Waals surface area contributed by atoms with Crippen molar-refractivity contribution in [2.75, 3.05) is 19.8 Å². The Morgan fingerprint density at radius 3 is 1.31 bits per heavy atom. The third kappa shape index (κ3) is 26.1. The molecule has 1 atom stereocenters. The maximum absolute atomic E-state index is 14.3. The van der Waals surface area contributed by atoms with Gasteiger partial charge in [0.15, 0.2) is 5.78 Å². The normalized spacial score (nSPS) is 14.8. The number of esters is 1. The maximum atomic E-state index is 14.3. The Labute approximate surface area is 303 Å². The van der Waals surface area contributed by atoms with E-state index in [0.29, 0.717) is 19.8 Å². The molecule has 7 heteroatoms. The number of hydrogen-bond donors (Lipinski definition) is 0. The molecule has 1 heterocycles. The fourth-order valence-electron chi connectivity index (χ4n) is 6.41. The van der Waals surface area contributed by atoms with Gasteiger partial charge in [0.25, 0.3) is 0 Å². The number of allylic oxidation sites excluding steroid dienone is 2. The first-order valence-corrected chi connectivity index (χ1v) is 22.5. The molecule has 0 radical (unpaired) electrons. The zero-order valence-corrected chi connectivity index (χ0v) is 33.3. The average Bonchev–Trinajstić information content (AvgIpc) is 3.11. The van der Waals surface area contributed by atoms with Crippen molar-refractivity contribution in [2.24, 2.45) is 0 Å². The highest BCUT2D eigenvalue weighted by Crippen LogP contribution is 2.56. The molecule has 0 bridgehead atoms. The maximum Gasteiger partial charge on any atom is 0.357 e. The number of carbonyl (C=O) groups is 1. The summed E-state index contributed by atoms with van der Waals surface area (Å²) in [6.07, 6.45) is 46.5.